The lowest BCUT2D eigenvalue weighted by atomic mass is 10.1. The van der Waals surface area contributed by atoms with Gasteiger partial charge in [0.15, 0.2) is 0 Å². The highest BCUT2D eigenvalue weighted by Gasteiger charge is 2.34. The lowest BCUT2D eigenvalue weighted by molar-refractivity contribution is 0.192. The van der Waals surface area contributed by atoms with Crippen LogP contribution in [0, 0.1) is 0 Å². The van der Waals surface area contributed by atoms with Crippen LogP contribution in [0.2, 0.25) is 0 Å². The molecule has 4 rings (SSSR count). The van der Waals surface area contributed by atoms with Crippen molar-refractivity contribution < 1.29 is 8.42 Å². The van der Waals surface area contributed by atoms with Gasteiger partial charge in [-0.1, -0.05) is 0 Å². The van der Waals surface area contributed by atoms with Crippen molar-refractivity contribution in [2.24, 2.45) is 0 Å². The standard InChI is InChI=1S/C14H15N5O2S/c1-22(20,21)18-8-11(9-18)19-7-10(6-17-19)12-2-4-15-14-13(12)3-5-16-14/h2-7,11H,8-9H2,1H3,(H,15,16). The molecule has 7 nitrogen and oxygen atoms in total. The van der Waals surface area contributed by atoms with Crippen LogP contribution in [0.5, 0.6) is 0 Å². The number of nitrogens with zero attached hydrogens (tertiary/aromatic N) is 4. The number of rotatable bonds is 3. The summed E-state index contributed by atoms with van der Waals surface area (Å²) in [5.74, 6) is 0. The molecule has 0 unspecified atom stereocenters. The fraction of sp³-hybridized carbons (Fsp3) is 0.286. The van der Waals surface area contributed by atoms with E-state index in [1.54, 1.807) is 6.20 Å². The number of H-pyrrole nitrogens is 1. The molecule has 0 aromatic carbocycles. The topological polar surface area (TPSA) is 83.9 Å². The average Bonchev–Trinajstić information content (AvgIpc) is 3.02. The van der Waals surface area contributed by atoms with E-state index in [4.69, 9.17) is 0 Å². The fourth-order valence-electron chi connectivity index (χ4n) is 2.74. The van der Waals surface area contributed by atoms with Crippen molar-refractivity contribution in [2.75, 3.05) is 19.3 Å². The third-order valence-electron chi connectivity index (χ3n) is 4.04. The van der Waals surface area contributed by atoms with Gasteiger partial charge in [-0.15, -0.1) is 0 Å². The van der Waals surface area contributed by atoms with Crippen molar-refractivity contribution in [1.29, 1.82) is 0 Å². The summed E-state index contributed by atoms with van der Waals surface area (Å²) >= 11 is 0. The maximum absolute atomic E-state index is 11.4. The molecular weight excluding hydrogens is 302 g/mol. The largest absolute Gasteiger partial charge is 0.346 e. The Hall–Kier alpha value is -2.19. The molecular formula is C14H15N5O2S. The maximum Gasteiger partial charge on any atom is 0.211 e. The first-order chi connectivity index (χ1) is 10.5. The number of hydrogen-bond donors (Lipinski definition) is 1. The van der Waals surface area contributed by atoms with Crippen molar-refractivity contribution in [3.8, 4) is 11.1 Å². The Kier molecular flexibility index (Phi) is 2.85. The first-order valence-corrected chi connectivity index (χ1v) is 8.79. The Morgan fingerprint density at radius 3 is 2.91 bits per heavy atom. The van der Waals surface area contributed by atoms with Crippen molar-refractivity contribution in [2.45, 2.75) is 6.04 Å². The Morgan fingerprint density at radius 2 is 2.14 bits per heavy atom. The van der Waals surface area contributed by atoms with E-state index in [0.29, 0.717) is 13.1 Å². The summed E-state index contributed by atoms with van der Waals surface area (Å²) in [5, 5.41) is 5.44. The van der Waals surface area contributed by atoms with Crippen LogP contribution in [0.1, 0.15) is 6.04 Å². The van der Waals surface area contributed by atoms with Crippen molar-refractivity contribution >= 4 is 21.1 Å². The van der Waals surface area contributed by atoms with Crippen LogP contribution in [0.25, 0.3) is 22.2 Å². The van der Waals surface area contributed by atoms with E-state index < -0.39 is 10.0 Å². The highest BCUT2D eigenvalue weighted by molar-refractivity contribution is 7.88. The second-order valence-corrected chi connectivity index (χ2v) is 7.52. The molecule has 0 atom stereocenters. The summed E-state index contributed by atoms with van der Waals surface area (Å²) in [6.45, 7) is 0.964. The lowest BCUT2D eigenvalue weighted by Crippen LogP contribution is -2.50. The Labute approximate surface area is 127 Å². The number of fused-ring (bicyclic) bond motifs is 1. The lowest BCUT2D eigenvalue weighted by Gasteiger charge is -2.37. The molecule has 1 fully saturated rings. The molecule has 0 radical (unpaired) electrons. The molecule has 22 heavy (non-hydrogen) atoms. The van der Waals surface area contributed by atoms with Gasteiger partial charge in [0, 0.05) is 42.6 Å². The molecule has 0 spiro atoms. The van der Waals surface area contributed by atoms with E-state index in [1.165, 1.54) is 10.6 Å². The zero-order chi connectivity index (χ0) is 15.3. The van der Waals surface area contributed by atoms with Gasteiger partial charge in [-0.05, 0) is 17.7 Å². The third kappa shape index (κ3) is 2.11. The van der Waals surface area contributed by atoms with Gasteiger partial charge in [-0.3, -0.25) is 4.68 Å². The molecule has 0 bridgehead atoms. The van der Waals surface area contributed by atoms with Gasteiger partial charge < -0.3 is 4.98 Å². The van der Waals surface area contributed by atoms with Gasteiger partial charge in [-0.2, -0.15) is 9.40 Å². The molecule has 0 amide bonds. The van der Waals surface area contributed by atoms with Gasteiger partial charge in [0.05, 0.1) is 18.5 Å². The zero-order valence-corrected chi connectivity index (χ0v) is 12.8. The molecule has 3 aromatic heterocycles. The molecule has 0 saturated carbocycles. The van der Waals surface area contributed by atoms with Crippen LogP contribution in [0.15, 0.2) is 36.9 Å². The third-order valence-corrected chi connectivity index (χ3v) is 5.28. The molecule has 4 heterocycles. The van der Waals surface area contributed by atoms with Gasteiger partial charge >= 0.3 is 0 Å². The Bertz CT molecular complexity index is 937. The summed E-state index contributed by atoms with van der Waals surface area (Å²) in [7, 11) is -3.09. The molecule has 1 N–H and O–H groups in total. The second kappa shape index (κ2) is 4.65. The van der Waals surface area contributed by atoms with Crippen LogP contribution in [-0.4, -0.2) is 51.8 Å². The minimum Gasteiger partial charge on any atom is -0.346 e. The van der Waals surface area contributed by atoms with E-state index >= 15 is 0 Å². The molecule has 0 aliphatic carbocycles. The fourth-order valence-corrected chi connectivity index (χ4v) is 3.63. The molecule has 3 aromatic rings. The van der Waals surface area contributed by atoms with Crippen LogP contribution in [-0.2, 0) is 10.0 Å². The predicted octanol–water partition coefficient (Wildman–Crippen LogP) is 1.24. The molecule has 1 aliphatic rings. The molecule has 1 aliphatic heterocycles. The van der Waals surface area contributed by atoms with Gasteiger partial charge in [0.2, 0.25) is 10.0 Å². The summed E-state index contributed by atoms with van der Waals surface area (Å²) in [6.07, 6.45) is 8.63. The Balaban J connectivity index is 1.62. The second-order valence-electron chi connectivity index (χ2n) is 5.54. The highest BCUT2D eigenvalue weighted by Crippen LogP contribution is 2.29. The van der Waals surface area contributed by atoms with E-state index in [-0.39, 0.29) is 6.04 Å². The minimum absolute atomic E-state index is 0.104. The molecule has 1 saturated heterocycles. The molecule has 8 heteroatoms. The monoisotopic (exact) mass is 317 g/mol. The van der Waals surface area contributed by atoms with Crippen molar-refractivity contribution in [3.63, 3.8) is 0 Å². The number of sulfonamides is 1. The summed E-state index contributed by atoms with van der Waals surface area (Å²) in [4.78, 5) is 7.37. The van der Waals surface area contributed by atoms with Crippen LogP contribution in [0.3, 0.4) is 0 Å². The van der Waals surface area contributed by atoms with Gasteiger partial charge in [-0.25, -0.2) is 13.4 Å². The van der Waals surface area contributed by atoms with E-state index in [1.807, 2.05) is 35.4 Å². The van der Waals surface area contributed by atoms with Crippen LogP contribution in [0.4, 0.5) is 0 Å². The maximum atomic E-state index is 11.4. The van der Waals surface area contributed by atoms with Gasteiger partial charge in [0.25, 0.3) is 0 Å². The van der Waals surface area contributed by atoms with E-state index in [0.717, 1.165) is 22.2 Å². The van der Waals surface area contributed by atoms with Crippen molar-refractivity contribution in [1.82, 2.24) is 24.1 Å². The molecule has 114 valence electrons. The number of aromatic nitrogens is 4. The predicted molar refractivity (Wildman–Crippen MR) is 82.8 cm³/mol. The number of aromatic amines is 1. The summed E-state index contributed by atoms with van der Waals surface area (Å²) < 4.78 is 26.1. The normalized spacial score (nSPS) is 17.0. The quantitative estimate of drug-likeness (QED) is 0.788. The van der Waals surface area contributed by atoms with Crippen LogP contribution < -0.4 is 0 Å². The Morgan fingerprint density at radius 1 is 1.32 bits per heavy atom. The zero-order valence-electron chi connectivity index (χ0n) is 12.0. The van der Waals surface area contributed by atoms with E-state index in [2.05, 4.69) is 15.1 Å². The van der Waals surface area contributed by atoms with Gasteiger partial charge in [0.1, 0.15) is 5.65 Å². The first-order valence-electron chi connectivity index (χ1n) is 6.94. The number of pyridine rings is 1. The average molecular weight is 317 g/mol. The minimum atomic E-state index is -3.09. The van der Waals surface area contributed by atoms with Crippen molar-refractivity contribution in [3.05, 3.63) is 36.9 Å². The number of hydrogen-bond acceptors (Lipinski definition) is 4. The number of nitrogens with one attached hydrogen (secondary N) is 1. The SMILES string of the molecule is CS(=O)(=O)N1CC(n2cc(-c3ccnc4[nH]ccc34)cn2)C1. The first kappa shape index (κ1) is 13.5. The highest BCUT2D eigenvalue weighted by atomic mass is 32.2. The summed E-state index contributed by atoms with van der Waals surface area (Å²) in [5.41, 5.74) is 2.92. The smallest absolute Gasteiger partial charge is 0.211 e. The summed E-state index contributed by atoms with van der Waals surface area (Å²) in [6, 6.07) is 4.05. The van der Waals surface area contributed by atoms with Crippen LogP contribution >= 0.6 is 0 Å². The van der Waals surface area contributed by atoms with E-state index in [9.17, 15) is 8.42 Å².